The van der Waals surface area contributed by atoms with Crippen LogP contribution in [0.2, 0.25) is 20.1 Å². The quantitative estimate of drug-likeness (QED) is 0.0600. The second kappa shape index (κ2) is 40.0. The van der Waals surface area contributed by atoms with Crippen LogP contribution >= 0.6 is 46.4 Å². The van der Waals surface area contributed by atoms with Crippen LogP contribution in [0.15, 0.2) is 286 Å². The average molecular weight is 2000 g/mol. The predicted octanol–water partition coefficient (Wildman–Crippen LogP) is 18.6. The summed E-state index contributed by atoms with van der Waals surface area (Å²) in [6.45, 7) is 8.45. The number of para-hydroxylation sites is 1. The number of aryl methyl sites for hydroxylation is 3. The number of hydrogen-bond acceptors (Lipinski definition) is 18. The Morgan fingerprint density at radius 2 is 0.732 bits per heavy atom. The van der Waals surface area contributed by atoms with Crippen LogP contribution in [0.3, 0.4) is 0 Å². The molecule has 0 bridgehead atoms. The van der Waals surface area contributed by atoms with Crippen molar-refractivity contribution in [2.24, 2.45) is 0 Å². The second-order valence-electron chi connectivity index (χ2n) is 32.6. The number of benzene rings is 10. The highest BCUT2D eigenvalue weighted by atomic mass is 35.5. The standard InChI is InChI=1S/2C26H23ClN4O3S.C25H22ClN5O3S.C23H18ClN5O3S/c1-17-15-20(31-14-13-30(2)35(31,33)34)9-10-21(17)26(32)28-19-8-11-23(27)22(16-19)25-12-7-18-5-3-4-6-24(18)29-25;1-17-15-20(31-14-13-30(2)35(31,33)34)8-9-21(17)26(32)29-19-7-10-24(27)23(16-19)25-22-6-4-3-5-18(22)11-12-28-25;1-16-14-18(31-13-12-30(2)35(31,33)34)6-7-19(16)25(32)29-17-5-8-22(26)21(15-17)24-20-4-3-10-27-23(20)9-11-28-24;24-21-6-3-17(13-19(21)22-20-14-25-9-7-15(20)8-10-26-22)28-23(30)16-1-4-18(5-2-16)29-12-11-27-33(29,31)32/h3-12,15-16H,13-14H2,1-2H3,(H,28,32);3-12,15-16H,13-14H2,1-2H3,(H,29,32);3-11,14-15H,12-13H2,1-2H3,(H,29,32);1-10,13-14,27H,11-12H2,(H,28,30). The van der Waals surface area contributed by atoms with Crippen molar-refractivity contribution in [2.75, 3.05) is 112 Å². The summed E-state index contributed by atoms with van der Waals surface area (Å²) in [5, 5.41) is 19.4. The number of hydrogen-bond donors (Lipinski definition) is 5. The van der Waals surface area contributed by atoms with Crippen molar-refractivity contribution in [1.29, 1.82) is 0 Å². The fourth-order valence-electron chi connectivity index (χ4n) is 16.3. The molecule has 0 saturated carbocycles. The third-order valence-electron chi connectivity index (χ3n) is 23.7. The Bertz CT molecular complexity index is 7800. The van der Waals surface area contributed by atoms with Gasteiger partial charge in [-0.1, -0.05) is 94.9 Å². The van der Waals surface area contributed by atoms with Gasteiger partial charge in [0.05, 0.1) is 76.6 Å². The van der Waals surface area contributed by atoms with Gasteiger partial charge in [-0.15, -0.1) is 0 Å². The number of aromatic nitrogens is 6. The summed E-state index contributed by atoms with van der Waals surface area (Å²) in [5.74, 6) is -1.23. The van der Waals surface area contributed by atoms with Crippen LogP contribution in [-0.4, -0.2) is 174 Å². The van der Waals surface area contributed by atoms with Crippen LogP contribution in [-0.2, 0) is 40.8 Å². The largest absolute Gasteiger partial charge is 0.322 e. The SMILES string of the molecule is Cc1cc(N2CCN(C)S2(=O)=O)ccc1C(=O)Nc1ccc(Cl)c(-c2ccc3ccccc3n2)c1.Cc1cc(N2CCN(C)S2(=O)=O)ccc1C(=O)Nc1ccc(Cl)c(-c2nccc3ccccc23)c1.Cc1cc(N2CCN(C)S2(=O)=O)ccc1C(=O)Nc1ccc(Cl)c(-c2nccc3ncccc23)c1.O=C(Nc1ccc(Cl)c(-c2nccc3ccncc23)c1)c1ccc(N2CCNS2(=O)=O)cc1. The van der Waals surface area contributed by atoms with Crippen molar-refractivity contribution in [2.45, 2.75) is 20.8 Å². The van der Waals surface area contributed by atoms with Crippen molar-refractivity contribution in [3.63, 3.8) is 0 Å². The number of nitrogens with one attached hydrogen (secondary N) is 5. The van der Waals surface area contributed by atoms with E-state index in [1.165, 1.54) is 30.1 Å². The van der Waals surface area contributed by atoms with Gasteiger partial charge in [0.25, 0.3) is 23.6 Å². The van der Waals surface area contributed by atoms with Crippen LogP contribution in [0.5, 0.6) is 0 Å². The highest BCUT2D eigenvalue weighted by Crippen LogP contribution is 2.41. The lowest BCUT2D eigenvalue weighted by Gasteiger charge is -2.19. The maximum Gasteiger partial charge on any atom is 0.303 e. The Kier molecular flexibility index (Phi) is 27.7. The molecule has 4 aliphatic rings. The van der Waals surface area contributed by atoms with Crippen molar-refractivity contribution < 1.29 is 52.8 Å². The minimum absolute atomic E-state index is 0.296. The predicted molar refractivity (Wildman–Crippen MR) is 547 cm³/mol. The first-order chi connectivity index (χ1) is 66.2. The van der Waals surface area contributed by atoms with Gasteiger partial charge >= 0.3 is 40.8 Å². The fourth-order valence-corrected chi connectivity index (χ4v) is 22.4. The monoisotopic (exact) mass is 2000 g/mol. The van der Waals surface area contributed by atoms with Crippen LogP contribution < -0.4 is 43.2 Å². The molecule has 0 radical (unpaired) electrons. The first-order valence-electron chi connectivity index (χ1n) is 43.1. The summed E-state index contributed by atoms with van der Waals surface area (Å²) in [7, 11) is -9.42. The van der Waals surface area contributed by atoms with E-state index in [4.69, 9.17) is 51.4 Å². The van der Waals surface area contributed by atoms with Crippen LogP contribution in [0.4, 0.5) is 45.5 Å². The first kappa shape index (κ1) is 95.7. The molecule has 20 rings (SSSR count). The third kappa shape index (κ3) is 20.1. The summed E-state index contributed by atoms with van der Waals surface area (Å²) in [6, 6.07) is 73.4. The molecule has 0 atom stereocenters. The molecule has 4 fully saturated rings. The summed E-state index contributed by atoms with van der Waals surface area (Å²) >= 11 is 25.9. The molecule has 6 aromatic heterocycles. The number of amides is 4. The van der Waals surface area contributed by atoms with E-state index >= 15 is 0 Å². The van der Waals surface area contributed by atoms with E-state index in [1.807, 2.05) is 103 Å². The zero-order valence-electron chi connectivity index (χ0n) is 74.6. The third-order valence-corrected chi connectivity index (χ3v) is 32.3. The summed E-state index contributed by atoms with van der Waals surface area (Å²) in [6.07, 6.45) is 10.3. The Morgan fingerprint density at radius 3 is 1.19 bits per heavy atom. The van der Waals surface area contributed by atoms with Gasteiger partial charge in [-0.05, 0) is 248 Å². The van der Waals surface area contributed by atoms with Gasteiger partial charge in [0.2, 0.25) is 0 Å². The summed E-state index contributed by atoms with van der Waals surface area (Å²) < 4.78 is 111. The Hall–Kier alpha value is -14.0. The van der Waals surface area contributed by atoms with Crippen molar-refractivity contribution in [3.05, 3.63) is 345 Å². The maximum atomic E-state index is 13.1. The van der Waals surface area contributed by atoms with Crippen LogP contribution in [0.1, 0.15) is 58.1 Å². The zero-order valence-corrected chi connectivity index (χ0v) is 80.9. The lowest BCUT2D eigenvalue weighted by Crippen LogP contribution is -2.30. The van der Waals surface area contributed by atoms with E-state index in [1.54, 1.807) is 225 Å². The molecular weight excluding hydrogens is 1920 g/mol. The summed E-state index contributed by atoms with van der Waals surface area (Å²) in [5.41, 5.74) is 15.4. The Balaban J connectivity index is 0.000000127. The van der Waals surface area contributed by atoms with Crippen LogP contribution in [0, 0.1) is 20.8 Å². The van der Waals surface area contributed by atoms with Gasteiger partial charge in [0.1, 0.15) is 0 Å². The number of pyridine rings is 6. The van der Waals surface area contributed by atoms with E-state index in [9.17, 15) is 52.8 Å². The van der Waals surface area contributed by atoms with Gasteiger partial charge in [0.15, 0.2) is 0 Å². The number of rotatable bonds is 16. The van der Waals surface area contributed by atoms with E-state index in [2.05, 4.69) is 50.9 Å². The van der Waals surface area contributed by atoms with Gasteiger partial charge in [-0.3, -0.25) is 61.3 Å². The number of halogens is 4. The van der Waals surface area contributed by atoms with Gasteiger partial charge in [-0.25, -0.2) is 4.98 Å². The minimum Gasteiger partial charge on any atom is -0.322 e. The smallest absolute Gasteiger partial charge is 0.303 e. The van der Waals surface area contributed by atoms with Gasteiger partial charge < -0.3 is 21.3 Å². The molecule has 30 nitrogen and oxygen atoms in total. The number of anilines is 8. The number of likely N-dealkylation sites (N-methyl/N-ethyl adjacent to an activating group) is 3. The minimum atomic E-state index is -3.52. The summed E-state index contributed by atoms with van der Waals surface area (Å²) in [4.78, 5) is 78.8. The van der Waals surface area contributed by atoms with E-state index in [0.717, 1.165) is 54.6 Å². The highest BCUT2D eigenvalue weighted by molar-refractivity contribution is 7.91. The molecule has 4 saturated heterocycles. The molecule has 138 heavy (non-hydrogen) atoms. The van der Waals surface area contributed by atoms with Crippen molar-refractivity contribution in [1.82, 2.24) is 47.5 Å². The first-order valence-corrected chi connectivity index (χ1v) is 50.3. The average Bonchev–Trinajstić information content (AvgIpc) is 1.66. The van der Waals surface area contributed by atoms with E-state index in [0.29, 0.717) is 191 Å². The lowest BCUT2D eigenvalue weighted by atomic mass is 10.0. The fraction of sp³-hybridized carbons (Fsp3) is 0.140. The molecule has 0 spiro atoms. The number of carbonyl (C=O) groups excluding carboxylic acids is 4. The lowest BCUT2D eigenvalue weighted by molar-refractivity contribution is 0.101. The molecule has 4 aliphatic heterocycles. The molecule has 0 aliphatic carbocycles. The zero-order chi connectivity index (χ0) is 97.2. The number of carbonyl (C=O) groups is 4. The van der Waals surface area contributed by atoms with Gasteiger partial charge in [-0.2, -0.15) is 51.3 Å². The Morgan fingerprint density at radius 1 is 0.333 bits per heavy atom. The van der Waals surface area contributed by atoms with E-state index in [-0.39, 0.29) is 23.6 Å². The van der Waals surface area contributed by atoms with Gasteiger partial charge in [0, 0.05) is 199 Å². The molecule has 0 unspecified atom stereocenters. The molecule has 10 aromatic carbocycles. The topological polar surface area (TPSA) is 365 Å². The molecule has 4 amide bonds. The number of nitrogens with zero attached hydrogens (tertiary/aromatic N) is 13. The highest BCUT2D eigenvalue weighted by Gasteiger charge is 2.38. The maximum absolute atomic E-state index is 13.1. The molecule has 10 heterocycles. The van der Waals surface area contributed by atoms with Crippen molar-refractivity contribution in [3.8, 4) is 45.0 Å². The molecule has 16 aromatic rings. The molecule has 700 valence electrons. The van der Waals surface area contributed by atoms with Crippen LogP contribution in [0.25, 0.3) is 88.4 Å². The van der Waals surface area contributed by atoms with E-state index < -0.39 is 40.8 Å². The second-order valence-corrected chi connectivity index (χ2v) is 41.8. The normalized spacial score (nSPS) is 15.3. The number of fused-ring (bicyclic) bond motifs is 4. The molecular formula is C100H86Cl4N18O12S4. The Labute approximate surface area is 816 Å². The van der Waals surface area contributed by atoms with Crippen molar-refractivity contribution >= 4 is 200 Å². The molecule has 38 heteroatoms. The molecule has 5 N–H and O–H groups in total.